The van der Waals surface area contributed by atoms with E-state index in [0.29, 0.717) is 18.8 Å². The van der Waals surface area contributed by atoms with Crippen molar-refractivity contribution in [1.82, 2.24) is 9.97 Å². The van der Waals surface area contributed by atoms with Gasteiger partial charge in [0, 0.05) is 30.0 Å². The maximum Gasteiger partial charge on any atom is 0.289 e. The van der Waals surface area contributed by atoms with E-state index in [0.717, 1.165) is 16.3 Å². The highest BCUT2D eigenvalue weighted by Crippen LogP contribution is 2.25. The Morgan fingerprint density at radius 1 is 1.29 bits per heavy atom. The molecular weight excluding hydrogens is 348 g/mol. The maximum absolute atomic E-state index is 10.7. The second-order valence-electron chi connectivity index (χ2n) is 4.97. The zero-order valence-electron chi connectivity index (χ0n) is 12.5. The summed E-state index contributed by atoms with van der Waals surface area (Å²) >= 11 is 7.60. The van der Waals surface area contributed by atoms with Crippen molar-refractivity contribution in [2.24, 2.45) is 0 Å². The number of hydrogen-bond donors (Lipinski definition) is 1. The predicted molar refractivity (Wildman–Crippen MR) is 95.6 cm³/mol. The number of halogens is 1. The molecule has 0 aliphatic rings. The molecule has 0 fully saturated rings. The number of nitrogens with zero attached hydrogens (tertiary/aromatic N) is 3. The van der Waals surface area contributed by atoms with Gasteiger partial charge in [-0.15, -0.1) is 11.3 Å². The summed E-state index contributed by atoms with van der Waals surface area (Å²) in [5, 5.41) is 17.0. The third-order valence-electron chi connectivity index (χ3n) is 3.28. The van der Waals surface area contributed by atoms with Crippen molar-refractivity contribution in [2.75, 3.05) is 11.9 Å². The van der Waals surface area contributed by atoms with Gasteiger partial charge in [-0.2, -0.15) is 0 Å². The fourth-order valence-electron chi connectivity index (χ4n) is 2.10. The Bertz CT molecular complexity index is 854. The van der Waals surface area contributed by atoms with E-state index < -0.39 is 4.92 Å². The molecule has 2 heterocycles. The van der Waals surface area contributed by atoms with Crippen LogP contribution in [0.25, 0.3) is 10.6 Å². The Hall–Kier alpha value is -2.51. The van der Waals surface area contributed by atoms with Gasteiger partial charge in [-0.05, 0) is 0 Å². The van der Waals surface area contributed by atoms with E-state index in [-0.39, 0.29) is 10.7 Å². The zero-order valence-corrected chi connectivity index (χ0v) is 14.0. The fraction of sp³-hybridized carbons (Fsp3) is 0.125. The summed E-state index contributed by atoms with van der Waals surface area (Å²) < 4.78 is 0. The lowest BCUT2D eigenvalue weighted by molar-refractivity contribution is -0.385. The monoisotopic (exact) mass is 360 g/mol. The van der Waals surface area contributed by atoms with Crippen LogP contribution in [0.3, 0.4) is 0 Å². The minimum absolute atomic E-state index is 0.127. The Labute approximate surface area is 147 Å². The second-order valence-corrected chi connectivity index (χ2v) is 6.23. The van der Waals surface area contributed by atoms with Crippen LogP contribution < -0.4 is 5.32 Å². The molecule has 1 N–H and O–H groups in total. The highest BCUT2D eigenvalue weighted by Gasteiger charge is 2.11. The fourth-order valence-corrected chi connectivity index (χ4v) is 3.19. The molecule has 0 aliphatic carbocycles. The van der Waals surface area contributed by atoms with Crippen molar-refractivity contribution in [3.05, 3.63) is 68.8 Å². The molecule has 24 heavy (non-hydrogen) atoms. The summed E-state index contributed by atoms with van der Waals surface area (Å²) in [5.74, 6) is 0.431. The summed E-state index contributed by atoms with van der Waals surface area (Å²) in [6.45, 7) is 0.586. The highest BCUT2D eigenvalue weighted by atomic mass is 35.5. The molecule has 0 aliphatic heterocycles. The van der Waals surface area contributed by atoms with Gasteiger partial charge in [0.05, 0.1) is 15.6 Å². The van der Waals surface area contributed by atoms with Gasteiger partial charge in [0.25, 0.3) is 5.69 Å². The van der Waals surface area contributed by atoms with E-state index in [1.54, 1.807) is 11.3 Å². The van der Waals surface area contributed by atoms with Crippen LogP contribution in [-0.4, -0.2) is 21.4 Å². The molecule has 0 radical (unpaired) electrons. The van der Waals surface area contributed by atoms with Gasteiger partial charge >= 0.3 is 0 Å². The lowest BCUT2D eigenvalue weighted by Gasteiger charge is -2.05. The number of nitrogens with one attached hydrogen (secondary N) is 1. The van der Waals surface area contributed by atoms with Crippen LogP contribution in [0, 0.1) is 10.1 Å². The summed E-state index contributed by atoms with van der Waals surface area (Å²) in [6.07, 6.45) is 1.89. The van der Waals surface area contributed by atoms with Gasteiger partial charge in [0.15, 0.2) is 0 Å². The van der Waals surface area contributed by atoms with Gasteiger partial charge in [-0.25, -0.2) is 9.97 Å². The summed E-state index contributed by atoms with van der Waals surface area (Å²) in [7, 11) is 0. The van der Waals surface area contributed by atoms with E-state index in [2.05, 4.69) is 15.3 Å². The average Bonchev–Trinajstić information content (AvgIpc) is 3.06. The first-order valence-electron chi connectivity index (χ1n) is 7.17. The van der Waals surface area contributed by atoms with Crippen LogP contribution >= 0.6 is 22.9 Å². The number of hydrogen-bond acceptors (Lipinski definition) is 6. The third kappa shape index (κ3) is 3.87. The largest absolute Gasteiger partial charge is 0.368 e. The molecule has 0 saturated heterocycles. The number of thiazole rings is 1. The molecule has 0 spiro atoms. The van der Waals surface area contributed by atoms with Gasteiger partial charge < -0.3 is 5.32 Å². The molecule has 3 aromatic rings. The summed E-state index contributed by atoms with van der Waals surface area (Å²) in [6, 6.07) is 11.3. The van der Waals surface area contributed by atoms with Crippen molar-refractivity contribution in [3.8, 4) is 10.6 Å². The summed E-state index contributed by atoms with van der Waals surface area (Å²) in [5.41, 5.74) is 1.95. The van der Waals surface area contributed by atoms with Crippen molar-refractivity contribution < 1.29 is 4.92 Å². The minimum Gasteiger partial charge on any atom is -0.368 e. The quantitative estimate of drug-likeness (QED) is 0.519. The first-order chi connectivity index (χ1) is 11.6. The molecule has 0 saturated carbocycles. The smallest absolute Gasteiger partial charge is 0.289 e. The lowest BCUT2D eigenvalue weighted by atomic mass is 10.2. The van der Waals surface area contributed by atoms with Crippen molar-refractivity contribution in [3.63, 3.8) is 0 Å². The first-order valence-corrected chi connectivity index (χ1v) is 8.43. The van der Waals surface area contributed by atoms with Gasteiger partial charge in [0.1, 0.15) is 17.0 Å². The summed E-state index contributed by atoms with van der Waals surface area (Å²) in [4.78, 5) is 18.7. The number of rotatable bonds is 6. The van der Waals surface area contributed by atoms with E-state index in [1.807, 2.05) is 35.7 Å². The maximum atomic E-state index is 10.7. The van der Waals surface area contributed by atoms with E-state index >= 15 is 0 Å². The average molecular weight is 361 g/mol. The molecular formula is C16H13ClN4O2S. The molecule has 1 aromatic carbocycles. The lowest BCUT2D eigenvalue weighted by Crippen LogP contribution is -2.07. The van der Waals surface area contributed by atoms with Gasteiger partial charge in [-0.3, -0.25) is 10.1 Å². The number of aromatic nitrogens is 2. The Balaban J connectivity index is 1.59. The Morgan fingerprint density at radius 2 is 2.08 bits per heavy atom. The number of anilines is 1. The van der Waals surface area contributed by atoms with Crippen LogP contribution in [0.15, 0.2) is 48.0 Å². The van der Waals surface area contributed by atoms with E-state index in [1.165, 1.54) is 12.3 Å². The minimum atomic E-state index is -0.525. The van der Waals surface area contributed by atoms with Crippen LogP contribution in [0.5, 0.6) is 0 Å². The first kappa shape index (κ1) is 16.4. The van der Waals surface area contributed by atoms with Crippen molar-refractivity contribution >= 4 is 34.4 Å². The number of benzene rings is 1. The normalized spacial score (nSPS) is 10.5. The highest BCUT2D eigenvalue weighted by molar-refractivity contribution is 7.13. The molecule has 2 aromatic heterocycles. The molecule has 0 bridgehead atoms. The molecule has 6 nitrogen and oxygen atoms in total. The van der Waals surface area contributed by atoms with Crippen LogP contribution in [-0.2, 0) is 6.42 Å². The van der Waals surface area contributed by atoms with Gasteiger partial charge in [0.2, 0.25) is 0 Å². The molecule has 8 heteroatoms. The molecule has 3 rings (SSSR count). The third-order valence-corrected chi connectivity index (χ3v) is 4.51. The Morgan fingerprint density at radius 3 is 2.79 bits per heavy atom. The number of pyridine rings is 1. The molecule has 0 atom stereocenters. The molecule has 0 unspecified atom stereocenters. The van der Waals surface area contributed by atoms with Crippen LogP contribution in [0.2, 0.25) is 5.02 Å². The van der Waals surface area contributed by atoms with E-state index in [9.17, 15) is 10.1 Å². The Kier molecular flexibility index (Phi) is 5.02. The van der Waals surface area contributed by atoms with E-state index in [4.69, 9.17) is 11.6 Å². The van der Waals surface area contributed by atoms with Crippen molar-refractivity contribution in [2.45, 2.75) is 6.42 Å². The van der Waals surface area contributed by atoms with Crippen molar-refractivity contribution in [1.29, 1.82) is 0 Å². The predicted octanol–water partition coefficient (Wildman–Crippen LogP) is 4.42. The molecule has 122 valence electrons. The molecule has 0 amide bonds. The number of nitro groups is 1. The zero-order chi connectivity index (χ0) is 16.9. The van der Waals surface area contributed by atoms with Crippen LogP contribution in [0.4, 0.5) is 11.5 Å². The second kappa shape index (κ2) is 7.37. The SMILES string of the molecule is O=[N+]([O-])c1cnc(NCCc2csc(-c3ccccc3)n2)c(Cl)c1. The van der Waals surface area contributed by atoms with Crippen LogP contribution in [0.1, 0.15) is 5.69 Å². The topological polar surface area (TPSA) is 81.0 Å². The standard InChI is InChI=1S/C16H13ClN4O2S/c17-14-8-13(21(22)23)9-19-15(14)18-7-6-12-10-24-16(20-12)11-4-2-1-3-5-11/h1-5,8-10H,6-7H2,(H,18,19). The van der Waals surface area contributed by atoms with Gasteiger partial charge in [-0.1, -0.05) is 41.9 Å².